The maximum atomic E-state index is 12.4. The summed E-state index contributed by atoms with van der Waals surface area (Å²) in [6, 6.07) is 11.4. The Kier molecular flexibility index (Phi) is 6.00. The molecule has 5 heteroatoms. The topological polar surface area (TPSA) is 17.1 Å². The number of carbonyl (C=O) groups excluding carboxylic acids is 1. The Morgan fingerprint density at radius 3 is 2.10 bits per heavy atom. The van der Waals surface area contributed by atoms with Crippen LogP contribution in [0.3, 0.4) is 0 Å². The average molecular weight is 538 g/mol. The Bertz CT molecular complexity index is 715. The molecule has 0 aliphatic carbocycles. The van der Waals surface area contributed by atoms with E-state index in [2.05, 4.69) is 63.7 Å². The third-order valence-electron chi connectivity index (χ3n) is 2.85. The van der Waals surface area contributed by atoms with Gasteiger partial charge in [-0.15, -0.1) is 0 Å². The predicted octanol–water partition coefficient (Wildman–Crippen LogP) is 7.02. The molecule has 0 heterocycles. The van der Waals surface area contributed by atoms with Crippen LogP contribution in [0.25, 0.3) is 5.57 Å². The molecule has 0 aromatic heterocycles. The van der Waals surface area contributed by atoms with E-state index in [1.54, 1.807) is 6.08 Å². The van der Waals surface area contributed by atoms with Crippen LogP contribution >= 0.6 is 63.7 Å². The second-order valence-electron chi connectivity index (χ2n) is 4.47. The molecule has 0 saturated carbocycles. The lowest BCUT2D eigenvalue weighted by molar-refractivity contribution is 0.104. The van der Waals surface area contributed by atoms with Gasteiger partial charge in [0.05, 0.1) is 0 Å². The van der Waals surface area contributed by atoms with Crippen molar-refractivity contribution in [3.63, 3.8) is 0 Å². The number of hydrogen-bond acceptors (Lipinski definition) is 1. The van der Waals surface area contributed by atoms with Crippen LogP contribution in [0.1, 0.15) is 22.8 Å². The van der Waals surface area contributed by atoms with Gasteiger partial charge in [0.1, 0.15) is 0 Å². The van der Waals surface area contributed by atoms with Gasteiger partial charge in [0.15, 0.2) is 5.78 Å². The van der Waals surface area contributed by atoms with E-state index in [0.717, 1.165) is 29.0 Å². The van der Waals surface area contributed by atoms with E-state index in [1.807, 2.05) is 43.3 Å². The molecule has 0 spiro atoms. The van der Waals surface area contributed by atoms with Gasteiger partial charge in [-0.1, -0.05) is 69.8 Å². The highest BCUT2D eigenvalue weighted by atomic mass is 79.9. The van der Waals surface area contributed by atoms with Crippen LogP contribution in [0.5, 0.6) is 0 Å². The Morgan fingerprint density at radius 2 is 1.52 bits per heavy atom. The zero-order valence-corrected chi connectivity index (χ0v) is 17.3. The summed E-state index contributed by atoms with van der Waals surface area (Å²) >= 11 is 13.7. The number of carbonyl (C=O) groups is 1. The highest BCUT2D eigenvalue weighted by Gasteiger charge is 2.08. The van der Waals surface area contributed by atoms with Gasteiger partial charge in [-0.05, 0) is 54.5 Å². The van der Waals surface area contributed by atoms with E-state index in [-0.39, 0.29) is 5.78 Å². The number of rotatable bonds is 3. The van der Waals surface area contributed by atoms with Gasteiger partial charge in [-0.25, -0.2) is 0 Å². The summed E-state index contributed by atoms with van der Waals surface area (Å²) in [5.41, 5.74) is 2.56. The van der Waals surface area contributed by atoms with E-state index in [0.29, 0.717) is 5.56 Å². The summed E-state index contributed by atoms with van der Waals surface area (Å²) in [5.74, 6) is -0.0238. The number of ketones is 1. The summed E-state index contributed by atoms with van der Waals surface area (Å²) in [6.07, 6.45) is 1.65. The van der Waals surface area contributed by atoms with Gasteiger partial charge in [0, 0.05) is 23.5 Å². The molecule has 108 valence electrons. The van der Waals surface area contributed by atoms with Crippen molar-refractivity contribution in [2.75, 3.05) is 0 Å². The van der Waals surface area contributed by atoms with Crippen molar-refractivity contribution in [1.82, 2.24) is 0 Å². The fraction of sp³-hybridized carbons (Fsp3) is 0.0625. The first kappa shape index (κ1) is 17.1. The molecule has 2 aromatic carbocycles. The molecular weight excluding hydrogens is 528 g/mol. The van der Waals surface area contributed by atoms with E-state index in [4.69, 9.17) is 0 Å². The molecule has 21 heavy (non-hydrogen) atoms. The molecule has 0 aliphatic rings. The third kappa shape index (κ3) is 4.62. The molecule has 0 unspecified atom stereocenters. The zero-order valence-electron chi connectivity index (χ0n) is 11.0. The molecule has 0 aliphatic heterocycles. The van der Waals surface area contributed by atoms with Crippen LogP contribution in [0.2, 0.25) is 0 Å². The summed E-state index contributed by atoms with van der Waals surface area (Å²) in [4.78, 5) is 12.4. The number of benzene rings is 2. The van der Waals surface area contributed by atoms with E-state index < -0.39 is 0 Å². The summed E-state index contributed by atoms with van der Waals surface area (Å²) in [5, 5.41) is 0. The van der Waals surface area contributed by atoms with Gasteiger partial charge < -0.3 is 0 Å². The monoisotopic (exact) mass is 534 g/mol. The molecule has 2 rings (SSSR count). The largest absolute Gasteiger partial charge is 0.289 e. The first-order chi connectivity index (χ1) is 9.86. The molecule has 0 radical (unpaired) electrons. The molecule has 0 bridgehead atoms. The minimum absolute atomic E-state index is 0.0238. The van der Waals surface area contributed by atoms with Gasteiger partial charge in [-0.3, -0.25) is 4.79 Å². The van der Waals surface area contributed by atoms with Crippen molar-refractivity contribution in [3.05, 3.63) is 71.5 Å². The molecule has 2 aromatic rings. The van der Waals surface area contributed by atoms with Crippen molar-refractivity contribution in [2.24, 2.45) is 0 Å². The molecule has 0 atom stereocenters. The van der Waals surface area contributed by atoms with Gasteiger partial charge in [0.2, 0.25) is 0 Å². The summed E-state index contributed by atoms with van der Waals surface area (Å²) in [7, 11) is 0. The van der Waals surface area contributed by atoms with Gasteiger partial charge in [-0.2, -0.15) is 0 Å². The standard InChI is InChI=1S/C16H10Br4O/c1-9(14-3-2-11(17)8-15(14)20)4-16(21)10-5-12(18)7-13(19)6-10/h2-8H,1H3/b9-4-. The smallest absolute Gasteiger partial charge is 0.186 e. The van der Waals surface area contributed by atoms with E-state index in [9.17, 15) is 4.79 Å². The Hall–Kier alpha value is -0.230. The highest BCUT2D eigenvalue weighted by Crippen LogP contribution is 2.28. The second-order valence-corrected chi connectivity index (χ2v) is 8.08. The molecule has 1 nitrogen and oxygen atoms in total. The van der Waals surface area contributed by atoms with Crippen LogP contribution in [-0.4, -0.2) is 5.78 Å². The lowest BCUT2D eigenvalue weighted by Gasteiger charge is -2.06. The fourth-order valence-electron chi connectivity index (χ4n) is 1.86. The quantitative estimate of drug-likeness (QED) is 0.304. The maximum absolute atomic E-state index is 12.4. The van der Waals surface area contributed by atoms with Crippen molar-refractivity contribution < 1.29 is 4.79 Å². The average Bonchev–Trinajstić information content (AvgIpc) is 2.37. The normalized spacial score (nSPS) is 11.6. The van der Waals surface area contributed by atoms with E-state index >= 15 is 0 Å². The first-order valence-electron chi connectivity index (χ1n) is 6.01. The van der Waals surface area contributed by atoms with Crippen molar-refractivity contribution in [2.45, 2.75) is 6.92 Å². The van der Waals surface area contributed by atoms with Gasteiger partial charge in [0.25, 0.3) is 0 Å². The highest BCUT2D eigenvalue weighted by molar-refractivity contribution is 9.11. The van der Waals surface area contributed by atoms with Crippen LogP contribution in [0.4, 0.5) is 0 Å². The molecule has 0 fully saturated rings. The summed E-state index contributed by atoms with van der Waals surface area (Å²) < 4.78 is 3.69. The molecule has 0 amide bonds. The maximum Gasteiger partial charge on any atom is 0.186 e. The molecular formula is C16H10Br4O. The van der Waals surface area contributed by atoms with Crippen molar-refractivity contribution >= 4 is 75.1 Å². The van der Waals surface area contributed by atoms with Crippen LogP contribution in [0.15, 0.2) is 60.4 Å². The minimum Gasteiger partial charge on any atom is -0.289 e. The van der Waals surface area contributed by atoms with Crippen molar-refractivity contribution in [1.29, 1.82) is 0 Å². The van der Waals surface area contributed by atoms with Crippen LogP contribution < -0.4 is 0 Å². The predicted molar refractivity (Wildman–Crippen MR) is 102 cm³/mol. The Labute approximate surface area is 157 Å². The SMILES string of the molecule is C/C(=C/C(=O)c1cc(Br)cc(Br)c1)c1ccc(Br)cc1Br. The summed E-state index contributed by atoms with van der Waals surface area (Å²) in [6.45, 7) is 1.93. The lowest BCUT2D eigenvalue weighted by atomic mass is 10.0. The van der Waals surface area contributed by atoms with Gasteiger partial charge >= 0.3 is 0 Å². The Morgan fingerprint density at radius 1 is 0.905 bits per heavy atom. The number of hydrogen-bond donors (Lipinski definition) is 0. The van der Waals surface area contributed by atoms with Crippen LogP contribution in [-0.2, 0) is 0 Å². The molecule has 0 saturated heterocycles. The van der Waals surface area contributed by atoms with E-state index in [1.165, 1.54) is 0 Å². The molecule has 0 N–H and O–H groups in total. The zero-order chi connectivity index (χ0) is 15.6. The third-order valence-corrected chi connectivity index (χ3v) is 4.92. The number of allylic oxidation sites excluding steroid dienone is 2. The number of halogens is 4. The van der Waals surface area contributed by atoms with Crippen LogP contribution in [0, 0.1) is 0 Å². The fourth-order valence-corrected chi connectivity index (χ4v) is 4.52. The minimum atomic E-state index is -0.0238. The lowest BCUT2D eigenvalue weighted by Crippen LogP contribution is -1.96. The van der Waals surface area contributed by atoms with Crippen molar-refractivity contribution in [3.8, 4) is 0 Å². The Balaban J connectivity index is 2.35. The first-order valence-corrected chi connectivity index (χ1v) is 9.18. The second kappa shape index (κ2) is 7.36.